The SMILES string of the molecule is CCCNC(=O)C(Cc1ccccc1)N(Cc1c(Cl)cccc1Cl)C(=O)CN(c1ccc(F)cc1)S(=O)(=O)c1ccc(C)cc1. The van der Waals surface area contributed by atoms with Gasteiger partial charge < -0.3 is 10.2 Å². The molecule has 1 N–H and O–H groups in total. The zero-order valence-electron chi connectivity index (χ0n) is 24.9. The maximum absolute atomic E-state index is 14.4. The number of nitrogens with zero attached hydrogens (tertiary/aromatic N) is 2. The van der Waals surface area contributed by atoms with Crippen molar-refractivity contribution in [2.24, 2.45) is 0 Å². The molecule has 236 valence electrons. The summed E-state index contributed by atoms with van der Waals surface area (Å²) in [5, 5.41) is 3.46. The maximum Gasteiger partial charge on any atom is 0.264 e. The highest BCUT2D eigenvalue weighted by atomic mass is 35.5. The Kier molecular flexibility index (Phi) is 11.6. The number of rotatable bonds is 13. The molecule has 45 heavy (non-hydrogen) atoms. The first-order chi connectivity index (χ1) is 21.5. The van der Waals surface area contributed by atoms with Gasteiger partial charge in [-0.1, -0.05) is 84.2 Å². The highest BCUT2D eigenvalue weighted by Gasteiger charge is 2.35. The van der Waals surface area contributed by atoms with E-state index in [9.17, 15) is 22.4 Å². The molecule has 0 aliphatic rings. The topological polar surface area (TPSA) is 86.8 Å². The molecule has 2 amide bonds. The minimum absolute atomic E-state index is 0.0487. The zero-order valence-corrected chi connectivity index (χ0v) is 27.2. The summed E-state index contributed by atoms with van der Waals surface area (Å²) in [6.07, 6.45) is 0.812. The van der Waals surface area contributed by atoms with Gasteiger partial charge in [-0.25, -0.2) is 12.8 Å². The summed E-state index contributed by atoms with van der Waals surface area (Å²) in [6.45, 7) is 3.26. The molecule has 0 saturated carbocycles. The smallest absolute Gasteiger partial charge is 0.264 e. The van der Waals surface area contributed by atoms with Crippen LogP contribution in [0, 0.1) is 12.7 Å². The largest absolute Gasteiger partial charge is 0.354 e. The fourth-order valence-corrected chi connectivity index (χ4v) is 6.68. The van der Waals surface area contributed by atoms with Gasteiger partial charge in [-0.15, -0.1) is 0 Å². The van der Waals surface area contributed by atoms with Crippen molar-refractivity contribution in [3.8, 4) is 0 Å². The molecule has 7 nitrogen and oxygen atoms in total. The van der Waals surface area contributed by atoms with Gasteiger partial charge in [-0.3, -0.25) is 13.9 Å². The van der Waals surface area contributed by atoms with Crippen molar-refractivity contribution >= 4 is 50.7 Å². The second kappa shape index (κ2) is 15.4. The van der Waals surface area contributed by atoms with Gasteiger partial charge in [0.1, 0.15) is 18.4 Å². The van der Waals surface area contributed by atoms with Crippen molar-refractivity contribution in [1.82, 2.24) is 10.2 Å². The van der Waals surface area contributed by atoms with Crippen LogP contribution in [0.4, 0.5) is 10.1 Å². The Balaban J connectivity index is 1.82. The summed E-state index contributed by atoms with van der Waals surface area (Å²) >= 11 is 13.0. The van der Waals surface area contributed by atoms with E-state index in [1.165, 1.54) is 29.2 Å². The monoisotopic (exact) mass is 669 g/mol. The lowest BCUT2D eigenvalue weighted by atomic mass is 10.0. The first kappa shape index (κ1) is 34.0. The summed E-state index contributed by atoms with van der Waals surface area (Å²) in [6, 6.07) is 24.1. The summed E-state index contributed by atoms with van der Waals surface area (Å²) in [5.41, 5.74) is 2.13. The lowest BCUT2D eigenvalue weighted by Gasteiger charge is -2.34. The van der Waals surface area contributed by atoms with Crippen LogP contribution in [0.3, 0.4) is 0 Å². The fraction of sp³-hybridized carbons (Fsp3) is 0.235. The third-order valence-corrected chi connectivity index (χ3v) is 9.71. The van der Waals surface area contributed by atoms with Gasteiger partial charge in [0.25, 0.3) is 10.0 Å². The first-order valence-electron chi connectivity index (χ1n) is 14.4. The van der Waals surface area contributed by atoms with Gasteiger partial charge in [0.2, 0.25) is 11.8 Å². The lowest BCUT2D eigenvalue weighted by Crippen LogP contribution is -2.53. The van der Waals surface area contributed by atoms with Gasteiger partial charge in [-0.2, -0.15) is 0 Å². The minimum Gasteiger partial charge on any atom is -0.354 e. The number of benzene rings is 4. The predicted molar refractivity (Wildman–Crippen MR) is 176 cm³/mol. The van der Waals surface area contributed by atoms with Crippen LogP contribution in [0.25, 0.3) is 0 Å². The fourth-order valence-electron chi connectivity index (χ4n) is 4.75. The van der Waals surface area contributed by atoms with E-state index in [-0.39, 0.29) is 33.6 Å². The third-order valence-electron chi connectivity index (χ3n) is 7.21. The number of carbonyl (C=O) groups is 2. The Morgan fingerprint density at radius 2 is 1.49 bits per heavy atom. The number of hydrogen-bond donors (Lipinski definition) is 1. The van der Waals surface area contributed by atoms with Gasteiger partial charge in [0.15, 0.2) is 0 Å². The summed E-state index contributed by atoms with van der Waals surface area (Å²) in [4.78, 5) is 29.4. The van der Waals surface area contributed by atoms with Crippen LogP contribution < -0.4 is 9.62 Å². The van der Waals surface area contributed by atoms with Crippen molar-refractivity contribution < 1.29 is 22.4 Å². The molecule has 1 atom stereocenters. The van der Waals surface area contributed by atoms with Gasteiger partial charge in [0, 0.05) is 35.1 Å². The number of aryl methyl sites for hydroxylation is 1. The lowest BCUT2D eigenvalue weighted by molar-refractivity contribution is -0.140. The average molecular weight is 671 g/mol. The third kappa shape index (κ3) is 8.63. The summed E-state index contributed by atoms with van der Waals surface area (Å²) in [5.74, 6) is -1.66. The van der Waals surface area contributed by atoms with Gasteiger partial charge in [-0.05, 0) is 67.4 Å². The zero-order chi connectivity index (χ0) is 32.6. The molecule has 0 radical (unpaired) electrons. The van der Waals surface area contributed by atoms with E-state index in [1.807, 2.05) is 44.2 Å². The van der Waals surface area contributed by atoms with E-state index < -0.39 is 40.2 Å². The molecule has 4 aromatic rings. The van der Waals surface area contributed by atoms with E-state index in [2.05, 4.69) is 5.32 Å². The number of hydrogen-bond acceptors (Lipinski definition) is 4. The second-order valence-corrected chi connectivity index (χ2v) is 13.2. The molecule has 0 spiro atoms. The number of carbonyl (C=O) groups excluding carboxylic acids is 2. The molecule has 0 saturated heterocycles. The first-order valence-corrected chi connectivity index (χ1v) is 16.6. The maximum atomic E-state index is 14.4. The standard InChI is InChI=1S/C34H34Cl2FN3O4S/c1-3-20-38-34(42)32(21-25-8-5-4-6-9-25)39(22-29-30(35)10-7-11-31(29)36)33(41)23-40(27-16-14-26(37)15-17-27)45(43,44)28-18-12-24(2)13-19-28/h4-19,32H,3,20-23H2,1-2H3,(H,38,42). The van der Waals surface area contributed by atoms with Crippen molar-refractivity contribution in [2.45, 2.75) is 44.2 Å². The van der Waals surface area contributed by atoms with E-state index in [4.69, 9.17) is 23.2 Å². The number of amides is 2. The van der Waals surface area contributed by atoms with Crippen LogP contribution in [0.15, 0.2) is 102 Å². The molecule has 0 heterocycles. The highest BCUT2D eigenvalue weighted by molar-refractivity contribution is 7.92. The Bertz CT molecular complexity index is 1700. The average Bonchev–Trinajstić information content (AvgIpc) is 3.02. The van der Waals surface area contributed by atoms with Crippen LogP contribution in [0.1, 0.15) is 30.0 Å². The molecule has 0 fully saturated rings. The Morgan fingerprint density at radius 3 is 2.09 bits per heavy atom. The van der Waals surface area contributed by atoms with Gasteiger partial charge in [0.05, 0.1) is 10.6 Å². The van der Waals surface area contributed by atoms with Crippen LogP contribution in [-0.4, -0.2) is 44.3 Å². The predicted octanol–water partition coefficient (Wildman–Crippen LogP) is 6.80. The summed E-state index contributed by atoms with van der Waals surface area (Å²) < 4.78 is 42.9. The van der Waals surface area contributed by atoms with Crippen LogP contribution in [0.5, 0.6) is 0 Å². The molecule has 4 aromatic carbocycles. The molecule has 0 aromatic heterocycles. The number of nitrogens with one attached hydrogen (secondary N) is 1. The van der Waals surface area contributed by atoms with Crippen molar-refractivity contribution in [1.29, 1.82) is 0 Å². The minimum atomic E-state index is -4.31. The molecular formula is C34H34Cl2FN3O4S. The van der Waals surface area contributed by atoms with E-state index >= 15 is 0 Å². The van der Waals surface area contributed by atoms with Gasteiger partial charge >= 0.3 is 0 Å². The Hall–Kier alpha value is -3.92. The summed E-state index contributed by atoms with van der Waals surface area (Å²) in [7, 11) is -4.31. The van der Waals surface area contributed by atoms with E-state index in [0.29, 0.717) is 18.5 Å². The molecule has 11 heteroatoms. The molecule has 1 unspecified atom stereocenters. The molecule has 0 aliphatic heterocycles. The highest BCUT2D eigenvalue weighted by Crippen LogP contribution is 2.29. The number of anilines is 1. The van der Waals surface area contributed by atoms with Crippen LogP contribution in [-0.2, 0) is 32.6 Å². The number of halogens is 3. The quantitative estimate of drug-likeness (QED) is 0.170. The normalized spacial score (nSPS) is 11.9. The van der Waals surface area contributed by atoms with Crippen molar-refractivity contribution in [3.05, 3.63) is 130 Å². The Labute approximate surface area is 273 Å². The molecule has 0 aliphatic carbocycles. The van der Waals surface area contributed by atoms with Crippen molar-refractivity contribution in [2.75, 3.05) is 17.4 Å². The van der Waals surface area contributed by atoms with E-state index in [0.717, 1.165) is 27.6 Å². The molecular weight excluding hydrogens is 636 g/mol. The Morgan fingerprint density at radius 1 is 0.867 bits per heavy atom. The molecule has 0 bridgehead atoms. The molecule has 4 rings (SSSR count). The van der Waals surface area contributed by atoms with Crippen LogP contribution >= 0.6 is 23.2 Å². The van der Waals surface area contributed by atoms with Crippen LogP contribution in [0.2, 0.25) is 10.0 Å². The number of sulfonamides is 1. The second-order valence-electron chi connectivity index (χ2n) is 10.5. The van der Waals surface area contributed by atoms with E-state index in [1.54, 1.807) is 30.3 Å². The van der Waals surface area contributed by atoms with Crippen molar-refractivity contribution in [3.63, 3.8) is 0 Å².